The molecule has 19 heavy (non-hydrogen) atoms. The molecule has 100 valence electrons. The van der Waals surface area contributed by atoms with Crippen LogP contribution in [0.2, 0.25) is 0 Å². The number of hydrogen-bond donors (Lipinski definition) is 0. The Balaban J connectivity index is 2.00. The van der Waals surface area contributed by atoms with Crippen LogP contribution in [0.15, 0.2) is 24.3 Å². The molecule has 0 spiro atoms. The highest BCUT2D eigenvalue weighted by Crippen LogP contribution is 2.40. The molecule has 1 heterocycles. The van der Waals surface area contributed by atoms with Crippen molar-refractivity contribution in [3.05, 3.63) is 29.3 Å². The van der Waals surface area contributed by atoms with Crippen LogP contribution in [0.5, 0.6) is 0 Å². The average molecular weight is 275 g/mol. The monoisotopic (exact) mass is 275 g/mol. The first-order chi connectivity index (χ1) is 9.29. The lowest BCUT2D eigenvalue weighted by atomic mass is 9.91. The van der Waals surface area contributed by atoms with E-state index >= 15 is 0 Å². The number of nitrogens with zero attached hydrogens (tertiary/aromatic N) is 1. The van der Waals surface area contributed by atoms with Gasteiger partial charge in [0.15, 0.2) is 0 Å². The van der Waals surface area contributed by atoms with Gasteiger partial charge in [0.25, 0.3) is 0 Å². The van der Waals surface area contributed by atoms with Gasteiger partial charge in [-0.1, -0.05) is 25.0 Å². The first-order valence-electron chi connectivity index (χ1n) is 6.73. The van der Waals surface area contributed by atoms with Crippen molar-refractivity contribution >= 4 is 27.5 Å². The van der Waals surface area contributed by atoms with Crippen LogP contribution in [-0.2, 0) is 9.53 Å². The van der Waals surface area contributed by atoms with Gasteiger partial charge in [0, 0.05) is 0 Å². The number of esters is 1. The van der Waals surface area contributed by atoms with Crippen molar-refractivity contribution in [3.63, 3.8) is 0 Å². The van der Waals surface area contributed by atoms with Crippen LogP contribution in [0.25, 0.3) is 10.2 Å². The van der Waals surface area contributed by atoms with Crippen molar-refractivity contribution in [2.75, 3.05) is 7.11 Å². The van der Waals surface area contributed by atoms with Crippen LogP contribution in [-0.4, -0.2) is 18.1 Å². The summed E-state index contributed by atoms with van der Waals surface area (Å²) in [6.45, 7) is 0. The summed E-state index contributed by atoms with van der Waals surface area (Å²) in [6.07, 6.45) is 4.64. The number of hydrogen-bond acceptors (Lipinski definition) is 4. The fourth-order valence-electron chi connectivity index (χ4n) is 2.94. The van der Waals surface area contributed by atoms with Crippen LogP contribution in [0.1, 0.15) is 36.6 Å². The van der Waals surface area contributed by atoms with Gasteiger partial charge in [-0.15, -0.1) is 11.3 Å². The van der Waals surface area contributed by atoms with Crippen molar-refractivity contribution in [2.24, 2.45) is 5.92 Å². The highest BCUT2D eigenvalue weighted by molar-refractivity contribution is 7.18. The van der Waals surface area contributed by atoms with Crippen molar-refractivity contribution < 1.29 is 9.53 Å². The fourth-order valence-corrected chi connectivity index (χ4v) is 4.09. The van der Waals surface area contributed by atoms with E-state index in [1.165, 1.54) is 20.0 Å². The van der Waals surface area contributed by atoms with Crippen molar-refractivity contribution in [2.45, 2.75) is 31.6 Å². The topological polar surface area (TPSA) is 39.2 Å². The van der Waals surface area contributed by atoms with E-state index in [1.54, 1.807) is 11.3 Å². The second kappa shape index (κ2) is 5.29. The van der Waals surface area contributed by atoms with E-state index in [2.05, 4.69) is 11.1 Å². The van der Waals surface area contributed by atoms with E-state index in [4.69, 9.17) is 4.74 Å². The fraction of sp³-hybridized carbons (Fsp3) is 0.467. The molecular weight excluding hydrogens is 258 g/mol. The van der Waals surface area contributed by atoms with Crippen molar-refractivity contribution in [1.29, 1.82) is 0 Å². The zero-order valence-electron chi connectivity index (χ0n) is 11.0. The number of thiazole rings is 1. The summed E-state index contributed by atoms with van der Waals surface area (Å²) < 4.78 is 6.15. The van der Waals surface area contributed by atoms with Gasteiger partial charge < -0.3 is 4.74 Å². The summed E-state index contributed by atoms with van der Waals surface area (Å²) in [7, 11) is 1.47. The molecule has 1 aromatic heterocycles. The second-order valence-corrected chi connectivity index (χ2v) is 6.13. The Hall–Kier alpha value is -1.42. The molecule has 3 nitrogen and oxygen atoms in total. The van der Waals surface area contributed by atoms with Crippen molar-refractivity contribution in [1.82, 2.24) is 4.98 Å². The molecule has 1 fully saturated rings. The predicted molar refractivity (Wildman–Crippen MR) is 76.3 cm³/mol. The Kier molecular flexibility index (Phi) is 3.51. The minimum absolute atomic E-state index is 0.133. The maximum Gasteiger partial charge on any atom is 0.315 e. The molecule has 0 radical (unpaired) electrons. The first-order valence-corrected chi connectivity index (χ1v) is 7.54. The van der Waals surface area contributed by atoms with Crippen LogP contribution < -0.4 is 0 Å². The molecule has 4 heteroatoms. The van der Waals surface area contributed by atoms with Gasteiger partial charge in [-0.3, -0.25) is 4.79 Å². The van der Waals surface area contributed by atoms with Gasteiger partial charge in [-0.05, 0) is 30.9 Å². The SMILES string of the molecule is COC(=O)C(c1nc2ccccc2s1)C1CCCC1. The Labute approximate surface area is 116 Å². The van der Waals surface area contributed by atoms with Gasteiger partial charge in [-0.2, -0.15) is 0 Å². The Morgan fingerprint density at radius 1 is 1.37 bits per heavy atom. The van der Waals surface area contributed by atoms with Crippen LogP contribution in [0.4, 0.5) is 0 Å². The van der Waals surface area contributed by atoms with Crippen LogP contribution >= 0.6 is 11.3 Å². The molecule has 1 atom stereocenters. The molecule has 0 N–H and O–H groups in total. The van der Waals surface area contributed by atoms with E-state index < -0.39 is 0 Å². The third-order valence-corrected chi connectivity index (χ3v) is 5.02. The maximum atomic E-state index is 12.1. The standard InChI is InChI=1S/C15H17NO2S/c1-18-15(17)13(10-6-2-3-7-10)14-16-11-8-4-5-9-12(11)19-14/h4-5,8-10,13H,2-3,6-7H2,1H3. The van der Waals surface area contributed by atoms with Gasteiger partial charge in [0.1, 0.15) is 10.9 Å². The molecule has 0 bridgehead atoms. The molecule has 2 aromatic rings. The van der Waals surface area contributed by atoms with Gasteiger partial charge in [0.2, 0.25) is 0 Å². The molecule has 1 aromatic carbocycles. The highest BCUT2D eigenvalue weighted by atomic mass is 32.1. The molecule has 0 amide bonds. The molecule has 0 aliphatic heterocycles. The summed E-state index contributed by atoms with van der Waals surface area (Å²) in [4.78, 5) is 16.8. The predicted octanol–water partition coefficient (Wildman–Crippen LogP) is 3.74. The van der Waals surface area contributed by atoms with Crippen LogP contribution in [0, 0.1) is 5.92 Å². The largest absolute Gasteiger partial charge is 0.468 e. The molecule has 1 unspecified atom stereocenters. The Morgan fingerprint density at radius 2 is 2.11 bits per heavy atom. The number of fused-ring (bicyclic) bond motifs is 1. The number of carbonyl (C=O) groups is 1. The summed E-state index contributed by atoms with van der Waals surface area (Å²) in [5.41, 5.74) is 0.981. The minimum Gasteiger partial charge on any atom is -0.468 e. The second-order valence-electron chi connectivity index (χ2n) is 5.07. The molecule has 1 aliphatic rings. The Morgan fingerprint density at radius 3 is 2.79 bits per heavy atom. The number of carbonyl (C=O) groups excluding carboxylic acids is 1. The van der Waals surface area contributed by atoms with Crippen LogP contribution in [0.3, 0.4) is 0 Å². The molecular formula is C15H17NO2S. The number of benzene rings is 1. The van der Waals surface area contributed by atoms with Gasteiger partial charge >= 0.3 is 5.97 Å². The van der Waals surface area contributed by atoms with E-state index in [-0.39, 0.29) is 11.9 Å². The summed E-state index contributed by atoms with van der Waals surface area (Å²) >= 11 is 1.62. The average Bonchev–Trinajstić information content (AvgIpc) is 3.07. The third-order valence-electron chi connectivity index (χ3n) is 3.90. The quantitative estimate of drug-likeness (QED) is 0.801. The normalized spacial score (nSPS) is 17.7. The maximum absolute atomic E-state index is 12.1. The zero-order chi connectivity index (χ0) is 13.2. The lowest BCUT2D eigenvalue weighted by molar-refractivity contribution is -0.143. The summed E-state index contributed by atoms with van der Waals surface area (Å²) in [5, 5.41) is 0.917. The lowest BCUT2D eigenvalue weighted by Crippen LogP contribution is -2.21. The summed E-state index contributed by atoms with van der Waals surface area (Å²) in [6, 6.07) is 8.04. The molecule has 0 saturated heterocycles. The minimum atomic E-state index is -0.176. The molecule has 1 aliphatic carbocycles. The van der Waals surface area contributed by atoms with E-state index in [1.807, 2.05) is 18.2 Å². The molecule has 1 saturated carbocycles. The highest BCUT2D eigenvalue weighted by Gasteiger charge is 2.35. The number of aromatic nitrogens is 1. The van der Waals surface area contributed by atoms with E-state index in [0.29, 0.717) is 5.92 Å². The van der Waals surface area contributed by atoms with Crippen molar-refractivity contribution in [3.8, 4) is 0 Å². The Bertz CT molecular complexity index is 554. The van der Waals surface area contributed by atoms with Gasteiger partial charge in [0.05, 0.1) is 17.3 Å². The number of rotatable bonds is 3. The summed E-state index contributed by atoms with van der Waals surface area (Å²) in [5.74, 6) is 0.0869. The first kappa shape index (κ1) is 12.6. The van der Waals surface area contributed by atoms with Gasteiger partial charge in [-0.25, -0.2) is 4.98 Å². The molecule has 3 rings (SSSR count). The smallest absolute Gasteiger partial charge is 0.315 e. The number of methoxy groups -OCH3 is 1. The third kappa shape index (κ3) is 2.37. The number of ether oxygens (including phenoxy) is 1. The zero-order valence-corrected chi connectivity index (χ0v) is 11.8. The van der Waals surface area contributed by atoms with E-state index in [0.717, 1.165) is 28.1 Å². The number of para-hydroxylation sites is 1. The van der Waals surface area contributed by atoms with E-state index in [9.17, 15) is 4.79 Å². The lowest BCUT2D eigenvalue weighted by Gasteiger charge is -2.18.